The molecule has 0 radical (unpaired) electrons. The molecule has 4 fully saturated rings. The second-order valence-corrected chi connectivity index (χ2v) is 29.2. The number of likely N-dealkylation sites (tertiary alicyclic amines) is 4. The molecular weight excluding hydrogens is 1550 g/mol. The van der Waals surface area contributed by atoms with Gasteiger partial charge in [0.15, 0.2) is 46.0 Å². The van der Waals surface area contributed by atoms with E-state index in [1.807, 2.05) is 121 Å². The second kappa shape index (κ2) is 43.9. The van der Waals surface area contributed by atoms with E-state index in [4.69, 9.17) is 117 Å². The number of rotatable bonds is 28. The molecule has 0 bridgehead atoms. The predicted octanol–water partition coefficient (Wildman–Crippen LogP) is 20.9. The average Bonchev–Trinajstić information content (AvgIpc) is 0.960. The predicted molar refractivity (Wildman–Crippen MR) is 486 cm³/mol. The molecule has 12 aromatic rings. The number of benzene rings is 12. The highest BCUT2D eigenvalue weighted by molar-refractivity contribution is 5.48. The highest BCUT2D eigenvalue weighted by Crippen LogP contribution is 2.40. The molecule has 8 heterocycles. The summed E-state index contributed by atoms with van der Waals surface area (Å²) in [7, 11) is 0. The van der Waals surface area contributed by atoms with Crippen LogP contribution in [0.3, 0.4) is 0 Å². The normalized spacial score (nSPS) is 25.1. The topological polar surface area (TPSA) is 124 Å². The average molecular weight is 1710 g/mol. The van der Waals surface area contributed by atoms with Crippen LogP contribution in [0.15, 0.2) is 315 Å². The van der Waals surface area contributed by atoms with E-state index in [9.17, 15) is 2.74 Å². The molecule has 16 nitrogen and oxygen atoms in total. The van der Waals surface area contributed by atoms with Gasteiger partial charge in [0.1, 0.15) is 29.9 Å². The first-order valence-corrected chi connectivity index (χ1v) is 40.7. The van der Waals surface area contributed by atoms with Gasteiger partial charge in [-0.1, -0.05) is 266 Å². The van der Waals surface area contributed by atoms with Gasteiger partial charge in [-0.3, -0.25) is 0 Å². The Bertz CT molecular complexity index is 7640. The lowest BCUT2D eigenvalue weighted by molar-refractivity contribution is -0.0331. The number of ether oxygens (including phenoxy) is 12. The van der Waals surface area contributed by atoms with E-state index in [1.54, 1.807) is 14.7 Å². The standard InChI is InChI=1S/4C27H29NO3/c4*1-3-8-22(9-4-1)27(23-10-5-2-6-11-23)31-24-12-7-16-28(19-24)17-15-21-13-14-25-26(18-21)30-20-29-25/h4*1-6,8-11,13-14,18,24,27H,7,12,15-17,19-20H2/t4*24-/m1111/s1/i1D,2D,3D,4D,5D,6D,8D,9D,10D,11D,13D,14D,15D2,18D,20D2,27D;1D,2D,3D,4D,5D,6D,8D,9D,10D,11D,13D,14D,15D2,18D,27D;13D,14D,17D2,18D,20D2;13D,14D,17D2,18D. The first-order chi connectivity index (χ1) is 79.8. The van der Waals surface area contributed by atoms with Crippen LogP contribution in [-0.2, 0) is 44.5 Å². The van der Waals surface area contributed by atoms with Gasteiger partial charge in [0, 0.05) is 63.2 Å². The quantitative estimate of drug-likeness (QED) is 0.0462. The summed E-state index contributed by atoms with van der Waals surface area (Å²) in [6, 6.07) is 18.2. The monoisotopic (exact) mass is 1710 g/mol. The van der Waals surface area contributed by atoms with Gasteiger partial charge in [0.05, 0.1) is 71.0 Å². The van der Waals surface area contributed by atoms with E-state index in [0.29, 0.717) is 52.0 Å². The van der Waals surface area contributed by atoms with Crippen molar-refractivity contribution in [1.82, 2.24) is 19.6 Å². The van der Waals surface area contributed by atoms with Crippen molar-refractivity contribution in [1.29, 1.82) is 0 Å². The molecule has 12 aromatic carbocycles. The zero-order valence-corrected chi connectivity index (χ0v) is 67.3. The molecule has 0 amide bonds. The fourth-order valence-electron chi connectivity index (χ4n) is 14.7. The summed E-state index contributed by atoms with van der Waals surface area (Å²) in [6.07, 6.45) is -10.3. The third-order valence-corrected chi connectivity index (χ3v) is 20.6. The second-order valence-electron chi connectivity index (χ2n) is 29.2. The van der Waals surface area contributed by atoms with Crippen molar-refractivity contribution in [3.8, 4) is 46.0 Å². The Morgan fingerprint density at radius 3 is 0.927 bits per heavy atom. The highest BCUT2D eigenvalue weighted by Gasteiger charge is 2.32. The van der Waals surface area contributed by atoms with Gasteiger partial charge < -0.3 is 76.4 Å². The van der Waals surface area contributed by atoms with E-state index in [0.717, 1.165) is 41.5 Å². The third-order valence-electron chi connectivity index (χ3n) is 20.6. The molecule has 8 aliphatic rings. The van der Waals surface area contributed by atoms with Crippen LogP contribution in [0.2, 0.25) is 0 Å². The Morgan fingerprint density at radius 1 is 0.306 bits per heavy atom. The first-order valence-electron chi connectivity index (χ1n) is 63.7. The zero-order valence-electron chi connectivity index (χ0n) is 113. The molecule has 0 N–H and O–H groups in total. The Morgan fingerprint density at radius 2 is 0.581 bits per heavy atom. The van der Waals surface area contributed by atoms with Gasteiger partial charge in [-0.25, -0.2) is 0 Å². The summed E-state index contributed by atoms with van der Waals surface area (Å²) >= 11 is 0. The molecule has 8 aliphatic heterocycles. The molecule has 0 aliphatic carbocycles. The molecule has 4 saturated heterocycles. The minimum atomic E-state index is -2.95. The van der Waals surface area contributed by atoms with Crippen molar-refractivity contribution in [3.63, 3.8) is 0 Å². The number of piperidine rings is 4. The molecule has 16 heteroatoms. The van der Waals surface area contributed by atoms with Crippen LogP contribution in [0, 0.1) is 0 Å². The third kappa shape index (κ3) is 23.8. The van der Waals surface area contributed by atoms with Crippen molar-refractivity contribution in [2.24, 2.45) is 0 Å². The number of nitrogens with zero attached hydrogens (tertiary/aromatic N) is 4. The molecular formula is C108H116N4O12. The smallest absolute Gasteiger partial charge is 0.231 e. The summed E-state index contributed by atoms with van der Waals surface area (Å²) in [5.74, 6) is -1.63. The Hall–Kier alpha value is -11.3. The lowest BCUT2D eigenvalue weighted by Crippen LogP contribution is -2.41. The van der Waals surface area contributed by atoms with Crippen molar-refractivity contribution < 1.29 is 120 Å². The molecule has 0 unspecified atom stereocenters. The van der Waals surface area contributed by atoms with Crippen LogP contribution in [-0.4, -0.2) is 150 Å². The Labute approximate surface area is 796 Å². The van der Waals surface area contributed by atoms with Gasteiger partial charge in [-0.15, -0.1) is 0 Å². The summed E-state index contributed by atoms with van der Waals surface area (Å²) in [5.41, 5.74) is 0.228. The number of hydrogen-bond donors (Lipinski definition) is 0. The molecule has 124 heavy (non-hydrogen) atoms. The number of hydrogen-bond acceptors (Lipinski definition) is 16. The van der Waals surface area contributed by atoms with Crippen LogP contribution in [0.4, 0.5) is 0 Å². The van der Waals surface area contributed by atoms with E-state index in [-0.39, 0.29) is 165 Å². The maximum Gasteiger partial charge on any atom is 0.231 e. The lowest BCUT2D eigenvalue weighted by Gasteiger charge is -2.35. The van der Waals surface area contributed by atoms with Crippen molar-refractivity contribution in [3.05, 3.63) is 381 Å². The van der Waals surface area contributed by atoms with Crippen molar-refractivity contribution in [2.75, 3.05) is 106 Å². The molecule has 0 saturated carbocycles. The highest BCUT2D eigenvalue weighted by atomic mass is 16.7. The minimum absolute atomic E-state index is 0.0189. The molecule has 640 valence electrons. The SMILES string of the molecule is [2H]c1c([2H])c([2H])c(C([2H])(O[C@@H]2CCCN(CC([2H])([2H])c3c([2H])c([2H])c4c(c3[2H])OC([2H])([2H])O4)C2)c2c([2H])c([2H])c([2H])c([2H])c2[2H])c([2H])c1[2H].[2H]c1c([2H])c([2H])c(C([2H])(O[C@@H]2CCCN(CC([2H])([2H])c3c([2H])c([2H])c4c(c3[2H])OCO4)C2)c2c([2H])c([2H])c([2H])c([2H])c2[2H])c([2H])c1[2H].[2H]c1c([2H])c2c(c([2H])c1CC([2H])([2H])N1CCC[C@@H](OC(c3ccccc3)c3ccccc3)C1)OC([2H])([2H])O2.[2H]c1c([2H])c2c(c([2H])c1CC([2H])([2H])N1CCC[C@@H](OC(c3ccccc3)c3ccccc3)C1)OCO2. The van der Waals surface area contributed by atoms with Crippen molar-refractivity contribution in [2.45, 2.75) is 126 Å². The van der Waals surface area contributed by atoms with Crippen LogP contribution in [0.1, 0.15) is 206 Å². The van der Waals surface area contributed by atoms with E-state index in [2.05, 4.69) is 0 Å². The largest absolute Gasteiger partial charge is 0.454 e. The maximum absolute atomic E-state index is 9.52. The van der Waals surface area contributed by atoms with Crippen molar-refractivity contribution >= 4 is 0 Å². The van der Waals surface area contributed by atoms with Gasteiger partial charge >= 0.3 is 0 Å². The van der Waals surface area contributed by atoms with Gasteiger partial charge in [-0.05, 0) is 218 Å². The van der Waals surface area contributed by atoms with Gasteiger partial charge in [-0.2, -0.15) is 0 Å². The van der Waals surface area contributed by atoms with Gasteiger partial charge in [0.25, 0.3) is 0 Å². The van der Waals surface area contributed by atoms with Crippen LogP contribution in [0.25, 0.3) is 0 Å². The first kappa shape index (κ1) is 46.1. The fourth-order valence-corrected chi connectivity index (χ4v) is 14.7. The summed E-state index contributed by atoms with van der Waals surface area (Å²) in [6.45, 7) is -8.35. The van der Waals surface area contributed by atoms with E-state index >= 15 is 0 Å². The summed E-state index contributed by atoms with van der Waals surface area (Å²) in [5, 5.41) is 0. The summed E-state index contributed by atoms with van der Waals surface area (Å²) in [4.78, 5) is 6.48. The molecule has 0 aromatic heterocycles. The zero-order chi connectivity index (χ0) is 124. The number of fused-ring (bicyclic) bond motifs is 4. The van der Waals surface area contributed by atoms with E-state index in [1.165, 1.54) is 4.90 Å². The van der Waals surface area contributed by atoms with Gasteiger partial charge in [0.2, 0.25) is 27.1 Å². The maximum atomic E-state index is 9.52. The Balaban J connectivity index is 0.000000152. The van der Waals surface area contributed by atoms with E-state index < -0.39 is 279 Å². The summed E-state index contributed by atoms with van der Waals surface area (Å²) < 4.78 is 453. The van der Waals surface area contributed by atoms with Crippen LogP contribution >= 0.6 is 0 Å². The fraction of sp³-hybridized carbons (Fsp3) is 0.333. The molecule has 0 spiro atoms. The van der Waals surface area contributed by atoms with Crippen LogP contribution in [0.5, 0.6) is 46.0 Å². The molecule has 20 rings (SSSR count). The molecule has 4 atom stereocenters. The lowest BCUT2D eigenvalue weighted by atomic mass is 10.00. The van der Waals surface area contributed by atoms with Crippen LogP contribution < -0.4 is 37.9 Å². The Kier molecular flexibility index (Phi) is 16.3. The minimum Gasteiger partial charge on any atom is -0.454 e.